The highest BCUT2D eigenvalue weighted by Gasteiger charge is 2.30. The normalized spacial score (nSPS) is 11.1. The number of aryl methyl sites for hydroxylation is 2. The van der Waals surface area contributed by atoms with Crippen LogP contribution >= 0.6 is 0 Å². The number of halogens is 1. The summed E-state index contributed by atoms with van der Waals surface area (Å²) in [6, 6.07) is 17.0. The van der Waals surface area contributed by atoms with Crippen LogP contribution in [0.3, 0.4) is 0 Å². The van der Waals surface area contributed by atoms with Crippen molar-refractivity contribution in [1.29, 1.82) is 0 Å². The number of benzene rings is 3. The molecule has 3 aromatic rings. The fourth-order valence-corrected chi connectivity index (χ4v) is 4.76. The van der Waals surface area contributed by atoms with Gasteiger partial charge in [0, 0.05) is 5.69 Å². The van der Waals surface area contributed by atoms with Crippen LogP contribution in [0.2, 0.25) is 0 Å². The molecular weight excluding hydrogens is 419 g/mol. The van der Waals surface area contributed by atoms with Crippen LogP contribution in [0, 0.1) is 19.7 Å². The molecule has 1 N–H and O–H groups in total. The Bertz CT molecular complexity index is 1210. The smallest absolute Gasteiger partial charge is 0.268 e. The number of ether oxygens (including phenoxy) is 1. The van der Waals surface area contributed by atoms with Crippen molar-refractivity contribution in [1.82, 2.24) is 0 Å². The van der Waals surface area contributed by atoms with Crippen LogP contribution in [0.15, 0.2) is 71.6 Å². The van der Waals surface area contributed by atoms with Gasteiger partial charge in [-0.3, -0.25) is 9.10 Å². The van der Waals surface area contributed by atoms with Gasteiger partial charge in [0.2, 0.25) is 5.91 Å². The van der Waals surface area contributed by atoms with Crippen LogP contribution in [-0.2, 0) is 14.8 Å². The molecule has 0 saturated carbocycles. The molecule has 0 bridgehead atoms. The summed E-state index contributed by atoms with van der Waals surface area (Å²) in [6.45, 7) is 3.10. The van der Waals surface area contributed by atoms with Crippen molar-refractivity contribution in [3.05, 3.63) is 83.7 Å². The van der Waals surface area contributed by atoms with Crippen molar-refractivity contribution in [2.75, 3.05) is 23.3 Å². The number of nitrogens with zero attached hydrogens (tertiary/aromatic N) is 1. The van der Waals surface area contributed by atoms with E-state index in [1.807, 2.05) is 13.0 Å². The lowest BCUT2D eigenvalue weighted by Crippen LogP contribution is -2.38. The van der Waals surface area contributed by atoms with Crippen LogP contribution in [-0.4, -0.2) is 28.0 Å². The molecule has 31 heavy (non-hydrogen) atoms. The maximum absolute atomic E-state index is 13.6. The Morgan fingerprint density at radius 3 is 2.39 bits per heavy atom. The molecule has 0 aliphatic heterocycles. The van der Waals surface area contributed by atoms with Crippen molar-refractivity contribution >= 4 is 27.3 Å². The summed E-state index contributed by atoms with van der Waals surface area (Å²) in [5, 5.41) is 2.54. The van der Waals surface area contributed by atoms with E-state index >= 15 is 0 Å². The van der Waals surface area contributed by atoms with E-state index in [1.165, 1.54) is 31.4 Å². The second kappa shape index (κ2) is 9.18. The second-order valence-corrected chi connectivity index (χ2v) is 8.89. The van der Waals surface area contributed by atoms with Gasteiger partial charge in [0.1, 0.15) is 23.0 Å². The molecule has 0 aliphatic carbocycles. The van der Waals surface area contributed by atoms with Crippen molar-refractivity contribution < 1.29 is 22.3 Å². The molecule has 3 rings (SSSR count). The third-order valence-electron chi connectivity index (χ3n) is 4.57. The van der Waals surface area contributed by atoms with E-state index in [-0.39, 0.29) is 16.3 Å². The number of hydrogen-bond donors (Lipinski definition) is 1. The van der Waals surface area contributed by atoms with E-state index in [1.54, 1.807) is 37.3 Å². The van der Waals surface area contributed by atoms with Gasteiger partial charge in [-0.05, 0) is 67.4 Å². The maximum Gasteiger partial charge on any atom is 0.268 e. The standard InChI is InChI=1S/C23H23FN2O4S/c1-16-6-4-9-20(12-16)26(15-23(27)25-19-8-5-7-18(24)14-19)31(28,29)22-13-17(2)10-11-21(22)30-3/h4-14H,15H2,1-3H3,(H,25,27). The van der Waals surface area contributed by atoms with Gasteiger partial charge in [-0.15, -0.1) is 0 Å². The Hall–Kier alpha value is -3.39. The molecule has 8 heteroatoms. The number of amides is 1. The summed E-state index contributed by atoms with van der Waals surface area (Å²) in [5.41, 5.74) is 2.13. The first-order chi connectivity index (χ1) is 14.7. The average Bonchev–Trinajstić information content (AvgIpc) is 2.72. The first-order valence-electron chi connectivity index (χ1n) is 9.50. The SMILES string of the molecule is COc1ccc(C)cc1S(=O)(=O)N(CC(=O)Nc1cccc(F)c1)c1cccc(C)c1. The lowest BCUT2D eigenvalue weighted by molar-refractivity contribution is -0.114. The first kappa shape index (κ1) is 22.3. The van der Waals surface area contributed by atoms with Crippen LogP contribution in [0.25, 0.3) is 0 Å². The number of sulfonamides is 1. The van der Waals surface area contributed by atoms with E-state index in [4.69, 9.17) is 4.74 Å². The molecule has 1 amide bonds. The topological polar surface area (TPSA) is 75.7 Å². The van der Waals surface area contributed by atoms with Gasteiger partial charge in [0.05, 0.1) is 12.8 Å². The molecule has 0 aliphatic rings. The Kier molecular flexibility index (Phi) is 6.60. The van der Waals surface area contributed by atoms with Crippen LogP contribution in [0.5, 0.6) is 5.75 Å². The zero-order chi connectivity index (χ0) is 22.6. The van der Waals surface area contributed by atoms with Gasteiger partial charge < -0.3 is 10.1 Å². The number of hydrogen-bond acceptors (Lipinski definition) is 4. The molecular formula is C23H23FN2O4S. The molecule has 162 valence electrons. The van der Waals surface area contributed by atoms with E-state index in [9.17, 15) is 17.6 Å². The summed E-state index contributed by atoms with van der Waals surface area (Å²) < 4.78 is 47.0. The number of carbonyl (C=O) groups is 1. The fourth-order valence-electron chi connectivity index (χ4n) is 3.10. The van der Waals surface area contributed by atoms with E-state index in [0.717, 1.165) is 21.5 Å². The Morgan fingerprint density at radius 2 is 1.71 bits per heavy atom. The minimum atomic E-state index is -4.16. The molecule has 0 heterocycles. The molecule has 0 saturated heterocycles. The minimum absolute atomic E-state index is 0.0462. The lowest BCUT2D eigenvalue weighted by atomic mass is 10.2. The Labute approximate surface area is 181 Å². The summed E-state index contributed by atoms with van der Waals surface area (Å²) >= 11 is 0. The van der Waals surface area contributed by atoms with E-state index < -0.39 is 28.3 Å². The number of anilines is 2. The Morgan fingerprint density at radius 1 is 1.00 bits per heavy atom. The largest absolute Gasteiger partial charge is 0.495 e. The van der Waals surface area contributed by atoms with Crippen molar-refractivity contribution in [2.24, 2.45) is 0 Å². The monoisotopic (exact) mass is 442 g/mol. The third kappa shape index (κ3) is 5.21. The molecule has 0 aromatic heterocycles. The quantitative estimate of drug-likeness (QED) is 0.592. The minimum Gasteiger partial charge on any atom is -0.495 e. The summed E-state index contributed by atoms with van der Waals surface area (Å²) in [5.74, 6) is -0.943. The fraction of sp³-hybridized carbons (Fsp3) is 0.174. The Balaban J connectivity index is 2.03. The number of nitrogens with one attached hydrogen (secondary N) is 1. The first-order valence-corrected chi connectivity index (χ1v) is 10.9. The van der Waals surface area contributed by atoms with Gasteiger partial charge in [-0.2, -0.15) is 0 Å². The summed E-state index contributed by atoms with van der Waals surface area (Å²) in [6.07, 6.45) is 0. The van der Waals surface area contributed by atoms with Crippen molar-refractivity contribution in [3.63, 3.8) is 0 Å². The van der Waals surface area contributed by atoms with Crippen LogP contribution < -0.4 is 14.4 Å². The number of methoxy groups -OCH3 is 1. The van der Waals surface area contributed by atoms with Gasteiger partial charge in [0.15, 0.2) is 0 Å². The zero-order valence-electron chi connectivity index (χ0n) is 17.4. The molecule has 3 aromatic carbocycles. The van der Waals surface area contributed by atoms with Crippen molar-refractivity contribution in [2.45, 2.75) is 18.7 Å². The van der Waals surface area contributed by atoms with Crippen molar-refractivity contribution in [3.8, 4) is 5.75 Å². The van der Waals surface area contributed by atoms with Crippen LogP contribution in [0.1, 0.15) is 11.1 Å². The molecule has 0 spiro atoms. The predicted molar refractivity (Wildman–Crippen MR) is 118 cm³/mol. The molecule has 0 fully saturated rings. The predicted octanol–water partition coefficient (Wildman–Crippen LogP) is 4.29. The molecule has 0 radical (unpaired) electrons. The highest BCUT2D eigenvalue weighted by atomic mass is 32.2. The highest BCUT2D eigenvalue weighted by Crippen LogP contribution is 2.31. The van der Waals surface area contributed by atoms with Crippen LogP contribution in [0.4, 0.5) is 15.8 Å². The summed E-state index contributed by atoms with van der Waals surface area (Å²) in [7, 11) is -2.77. The second-order valence-electron chi connectivity index (χ2n) is 7.06. The number of rotatable bonds is 7. The van der Waals surface area contributed by atoms with Gasteiger partial charge >= 0.3 is 0 Å². The molecule has 0 atom stereocenters. The van der Waals surface area contributed by atoms with E-state index in [2.05, 4.69) is 5.32 Å². The van der Waals surface area contributed by atoms with Gasteiger partial charge in [-0.1, -0.05) is 24.3 Å². The lowest BCUT2D eigenvalue weighted by Gasteiger charge is -2.25. The average molecular weight is 443 g/mol. The third-order valence-corrected chi connectivity index (χ3v) is 6.37. The maximum atomic E-state index is 13.6. The highest BCUT2D eigenvalue weighted by molar-refractivity contribution is 7.93. The zero-order valence-corrected chi connectivity index (χ0v) is 18.2. The van der Waals surface area contributed by atoms with E-state index in [0.29, 0.717) is 5.69 Å². The number of carbonyl (C=O) groups excluding carboxylic acids is 1. The molecule has 0 unspecified atom stereocenters. The van der Waals surface area contributed by atoms with Gasteiger partial charge in [-0.25, -0.2) is 12.8 Å². The summed E-state index contributed by atoms with van der Waals surface area (Å²) in [4.78, 5) is 12.7. The molecule has 6 nitrogen and oxygen atoms in total. The van der Waals surface area contributed by atoms with Gasteiger partial charge in [0.25, 0.3) is 10.0 Å².